The fourth-order valence-electron chi connectivity index (χ4n) is 3.18. The molecule has 0 saturated carbocycles. The Kier molecular flexibility index (Phi) is 6.54. The van der Waals surface area contributed by atoms with Crippen LogP contribution in [0.3, 0.4) is 0 Å². The van der Waals surface area contributed by atoms with E-state index in [2.05, 4.69) is 26.4 Å². The monoisotopic (exact) mass is 521 g/mol. The summed E-state index contributed by atoms with van der Waals surface area (Å²) in [6, 6.07) is 10.4. The van der Waals surface area contributed by atoms with Crippen LogP contribution in [0.15, 0.2) is 67.8 Å². The first kappa shape index (κ1) is 21.7. The molecule has 2 aliphatic rings. The molecule has 1 aromatic heterocycles. The Balaban J connectivity index is 1.42. The van der Waals surface area contributed by atoms with Gasteiger partial charge in [-0.2, -0.15) is 0 Å². The molecule has 0 bridgehead atoms. The maximum absolute atomic E-state index is 12.7. The van der Waals surface area contributed by atoms with Crippen molar-refractivity contribution in [3.63, 3.8) is 0 Å². The number of halogens is 1. The zero-order valence-corrected chi connectivity index (χ0v) is 19.1. The van der Waals surface area contributed by atoms with Crippen LogP contribution in [0, 0.1) is 0 Å². The van der Waals surface area contributed by atoms with Crippen molar-refractivity contribution in [3.05, 3.63) is 64.1 Å². The van der Waals surface area contributed by atoms with E-state index in [1.807, 2.05) is 30.3 Å². The first-order valence-corrected chi connectivity index (χ1v) is 12.0. The number of hydrogen-bond acceptors (Lipinski definition) is 7. The molecule has 1 fully saturated rings. The SMILES string of the molecule is O=C(CSc1ccccc1)N[C@@H]1C(=O)N2C(C(=O)O)=C(/C=C/c3cc(Br)no3)CSC12. The number of allylic oxidation sites excluding steroid dienone is 1. The molecule has 2 aromatic rings. The highest BCUT2D eigenvalue weighted by Gasteiger charge is 2.53. The minimum Gasteiger partial charge on any atom is -0.477 e. The second kappa shape index (κ2) is 9.33. The summed E-state index contributed by atoms with van der Waals surface area (Å²) in [7, 11) is 0. The standard InChI is InChI=1S/C20H16BrN3O5S2/c21-14-8-12(29-23-14)7-6-11-9-31-19-16(18(26)24(19)17(11)20(27)28)22-15(25)10-30-13-4-2-1-3-5-13/h1-8,16,19H,9-10H2,(H,22,25)(H,27,28)/b7-6+/t16-,19?/m1/s1. The highest BCUT2D eigenvalue weighted by atomic mass is 79.9. The zero-order valence-electron chi connectivity index (χ0n) is 15.9. The van der Waals surface area contributed by atoms with E-state index in [1.54, 1.807) is 18.2 Å². The number of nitrogens with zero attached hydrogens (tertiary/aromatic N) is 2. The minimum atomic E-state index is -1.19. The number of benzene rings is 1. The van der Waals surface area contributed by atoms with E-state index in [1.165, 1.54) is 28.4 Å². The van der Waals surface area contributed by atoms with Crippen molar-refractivity contribution >= 4 is 63.3 Å². The van der Waals surface area contributed by atoms with E-state index in [9.17, 15) is 19.5 Å². The fraction of sp³-hybridized carbons (Fsp3) is 0.200. The number of amides is 2. The summed E-state index contributed by atoms with van der Waals surface area (Å²) in [5.74, 6) is -0.884. The van der Waals surface area contributed by atoms with Gasteiger partial charge in [0.05, 0.1) is 5.75 Å². The lowest BCUT2D eigenvalue weighted by molar-refractivity contribution is -0.150. The van der Waals surface area contributed by atoms with E-state index < -0.39 is 23.3 Å². The first-order valence-electron chi connectivity index (χ1n) is 9.12. The molecule has 1 saturated heterocycles. The molecular formula is C20H16BrN3O5S2. The number of aromatic nitrogens is 1. The maximum Gasteiger partial charge on any atom is 0.352 e. The first-order chi connectivity index (χ1) is 14.9. The van der Waals surface area contributed by atoms with Crippen molar-refractivity contribution in [2.45, 2.75) is 16.3 Å². The molecular weight excluding hydrogens is 506 g/mol. The second-order valence-electron chi connectivity index (χ2n) is 6.62. The van der Waals surface area contributed by atoms with E-state index in [4.69, 9.17) is 4.52 Å². The maximum atomic E-state index is 12.7. The van der Waals surface area contributed by atoms with Gasteiger partial charge in [0, 0.05) is 16.7 Å². The van der Waals surface area contributed by atoms with Crippen molar-refractivity contribution < 1.29 is 24.0 Å². The van der Waals surface area contributed by atoms with Crippen LogP contribution in [-0.4, -0.2) is 55.9 Å². The van der Waals surface area contributed by atoms with Crippen molar-refractivity contribution in [1.82, 2.24) is 15.4 Å². The van der Waals surface area contributed by atoms with Gasteiger partial charge in [0.15, 0.2) is 5.76 Å². The van der Waals surface area contributed by atoms with Gasteiger partial charge in [0.1, 0.15) is 21.7 Å². The number of carbonyl (C=O) groups is 3. The summed E-state index contributed by atoms with van der Waals surface area (Å²) in [5, 5.41) is 15.7. The van der Waals surface area contributed by atoms with E-state index in [-0.39, 0.29) is 17.4 Å². The zero-order chi connectivity index (χ0) is 22.0. The van der Waals surface area contributed by atoms with Crippen LogP contribution in [0.1, 0.15) is 5.76 Å². The van der Waals surface area contributed by atoms with Crippen LogP contribution in [-0.2, 0) is 14.4 Å². The van der Waals surface area contributed by atoms with E-state index in [0.717, 1.165) is 4.90 Å². The number of β-lactam (4-membered cyclic amide) rings is 1. The van der Waals surface area contributed by atoms with Gasteiger partial charge in [0.25, 0.3) is 5.91 Å². The topological polar surface area (TPSA) is 113 Å². The van der Waals surface area contributed by atoms with Crippen LogP contribution >= 0.6 is 39.5 Å². The second-order valence-corrected chi connectivity index (χ2v) is 9.59. The van der Waals surface area contributed by atoms with Gasteiger partial charge >= 0.3 is 5.97 Å². The van der Waals surface area contributed by atoms with Crippen LogP contribution in [0.5, 0.6) is 0 Å². The van der Waals surface area contributed by atoms with Crippen LogP contribution in [0.2, 0.25) is 0 Å². The van der Waals surface area contributed by atoms with Crippen molar-refractivity contribution in [3.8, 4) is 0 Å². The van der Waals surface area contributed by atoms with Gasteiger partial charge in [-0.1, -0.05) is 29.4 Å². The Morgan fingerprint density at radius 1 is 1.35 bits per heavy atom. The Labute approximate surface area is 194 Å². The highest BCUT2D eigenvalue weighted by molar-refractivity contribution is 9.10. The molecule has 4 rings (SSSR count). The third-order valence-electron chi connectivity index (χ3n) is 4.58. The average Bonchev–Trinajstić information content (AvgIpc) is 3.19. The van der Waals surface area contributed by atoms with Crippen molar-refractivity contribution in [1.29, 1.82) is 0 Å². The van der Waals surface area contributed by atoms with E-state index in [0.29, 0.717) is 21.7 Å². The average molecular weight is 522 g/mol. The Morgan fingerprint density at radius 2 is 2.13 bits per heavy atom. The van der Waals surface area contributed by atoms with Crippen LogP contribution < -0.4 is 5.32 Å². The normalized spacial score (nSPS) is 20.5. The number of aliphatic carboxylic acids is 1. The largest absolute Gasteiger partial charge is 0.477 e. The molecule has 1 aromatic carbocycles. The predicted molar refractivity (Wildman–Crippen MR) is 120 cm³/mol. The fourth-order valence-corrected chi connectivity index (χ4v) is 5.53. The summed E-state index contributed by atoms with van der Waals surface area (Å²) in [6.45, 7) is 0. The molecule has 0 radical (unpaired) electrons. The smallest absolute Gasteiger partial charge is 0.352 e. The summed E-state index contributed by atoms with van der Waals surface area (Å²) < 4.78 is 5.59. The summed E-state index contributed by atoms with van der Waals surface area (Å²) in [4.78, 5) is 39.1. The molecule has 1 unspecified atom stereocenters. The van der Waals surface area contributed by atoms with Gasteiger partial charge < -0.3 is 14.9 Å². The molecule has 0 aliphatic carbocycles. The number of thioether (sulfide) groups is 2. The lowest BCUT2D eigenvalue weighted by Gasteiger charge is -2.49. The number of fused-ring (bicyclic) bond motifs is 1. The molecule has 2 atom stereocenters. The van der Waals surface area contributed by atoms with Crippen LogP contribution in [0.4, 0.5) is 0 Å². The lowest BCUT2D eigenvalue weighted by atomic mass is 10.0. The number of carbonyl (C=O) groups excluding carboxylic acids is 2. The Hall–Kier alpha value is -2.50. The van der Waals surface area contributed by atoms with Gasteiger partial charge in [-0.3, -0.25) is 14.5 Å². The van der Waals surface area contributed by atoms with Crippen molar-refractivity contribution in [2.24, 2.45) is 0 Å². The quantitative estimate of drug-likeness (QED) is 0.422. The molecule has 2 aliphatic heterocycles. The Morgan fingerprint density at radius 3 is 2.81 bits per heavy atom. The number of rotatable bonds is 7. The molecule has 3 heterocycles. The number of hydrogen-bond donors (Lipinski definition) is 2. The summed E-state index contributed by atoms with van der Waals surface area (Å²) in [5.41, 5.74) is 0.409. The van der Waals surface area contributed by atoms with Gasteiger partial charge in [-0.25, -0.2) is 4.79 Å². The van der Waals surface area contributed by atoms with Crippen LogP contribution in [0.25, 0.3) is 6.08 Å². The van der Waals surface area contributed by atoms with Gasteiger partial charge in [-0.15, -0.1) is 23.5 Å². The lowest BCUT2D eigenvalue weighted by Crippen LogP contribution is -2.70. The Bertz CT molecular complexity index is 1090. The minimum absolute atomic E-state index is 0.0762. The third kappa shape index (κ3) is 4.73. The molecule has 0 spiro atoms. The highest BCUT2D eigenvalue weighted by Crippen LogP contribution is 2.40. The molecule has 11 heteroatoms. The number of nitrogens with one attached hydrogen (secondary N) is 1. The third-order valence-corrected chi connectivity index (χ3v) is 7.27. The van der Waals surface area contributed by atoms with Crippen molar-refractivity contribution in [2.75, 3.05) is 11.5 Å². The summed E-state index contributed by atoms with van der Waals surface area (Å²) in [6.07, 6.45) is 3.20. The predicted octanol–water partition coefficient (Wildman–Crippen LogP) is 2.98. The van der Waals surface area contributed by atoms with E-state index >= 15 is 0 Å². The molecule has 31 heavy (non-hydrogen) atoms. The van der Waals surface area contributed by atoms with Gasteiger partial charge in [0.2, 0.25) is 5.91 Å². The molecule has 8 nitrogen and oxygen atoms in total. The summed E-state index contributed by atoms with van der Waals surface area (Å²) >= 11 is 5.96. The number of carboxylic acid groups (broad SMARTS) is 1. The van der Waals surface area contributed by atoms with Gasteiger partial charge in [-0.05, 0) is 39.7 Å². The molecule has 160 valence electrons. The molecule has 2 N–H and O–H groups in total. The molecule has 2 amide bonds. The number of carboxylic acids is 1.